The van der Waals surface area contributed by atoms with Gasteiger partial charge in [0, 0.05) is 31.6 Å². The molecule has 4 nitrogen and oxygen atoms in total. The second-order valence-electron chi connectivity index (χ2n) is 4.88. The average Bonchev–Trinajstić information content (AvgIpc) is 2.33. The van der Waals surface area contributed by atoms with Crippen molar-refractivity contribution in [1.82, 2.24) is 10.2 Å². The van der Waals surface area contributed by atoms with Crippen LogP contribution in [-0.2, 0) is 4.79 Å². The lowest BCUT2D eigenvalue weighted by Crippen LogP contribution is -2.41. The van der Waals surface area contributed by atoms with Crippen LogP contribution in [0.15, 0.2) is 24.3 Å². The van der Waals surface area contributed by atoms with Crippen LogP contribution in [0.3, 0.4) is 0 Å². The molecule has 1 N–H and O–H groups in total. The van der Waals surface area contributed by atoms with Crippen LogP contribution in [0.4, 0.5) is 0 Å². The van der Waals surface area contributed by atoms with Gasteiger partial charge in [-0.2, -0.15) is 0 Å². The van der Waals surface area contributed by atoms with E-state index in [-0.39, 0.29) is 17.9 Å². The number of amides is 2. The first kappa shape index (κ1) is 15.2. The maximum atomic E-state index is 12.0. The van der Waals surface area contributed by atoms with Gasteiger partial charge < -0.3 is 10.2 Å². The molecule has 0 bridgehead atoms. The summed E-state index contributed by atoms with van der Waals surface area (Å²) in [5.74, 6) is -0.0644. The molecule has 4 heteroatoms. The van der Waals surface area contributed by atoms with Crippen molar-refractivity contribution in [2.24, 2.45) is 0 Å². The Labute approximate surface area is 114 Å². The molecule has 0 saturated carbocycles. The van der Waals surface area contributed by atoms with Gasteiger partial charge in [0.25, 0.3) is 5.91 Å². The number of benzene rings is 1. The first-order chi connectivity index (χ1) is 8.93. The first-order valence-electron chi connectivity index (χ1n) is 6.54. The molecule has 0 unspecified atom stereocenters. The lowest BCUT2D eigenvalue weighted by Gasteiger charge is -2.25. The van der Waals surface area contributed by atoms with E-state index < -0.39 is 0 Å². The molecule has 104 valence electrons. The van der Waals surface area contributed by atoms with Gasteiger partial charge in [-0.3, -0.25) is 9.59 Å². The summed E-state index contributed by atoms with van der Waals surface area (Å²) in [6.45, 7) is 8.37. The number of nitrogens with zero attached hydrogens (tertiary/aromatic N) is 1. The molecule has 1 rings (SSSR count). The Morgan fingerprint density at radius 1 is 1.26 bits per heavy atom. The zero-order valence-corrected chi connectivity index (χ0v) is 12.1. The maximum absolute atomic E-state index is 12.0. The van der Waals surface area contributed by atoms with Crippen molar-refractivity contribution in [1.29, 1.82) is 0 Å². The predicted octanol–water partition coefficient (Wildman–Crippen LogP) is 1.98. The molecule has 0 aliphatic heterocycles. The second kappa shape index (κ2) is 6.92. The van der Waals surface area contributed by atoms with Crippen molar-refractivity contribution in [2.75, 3.05) is 13.1 Å². The molecule has 0 aliphatic carbocycles. The number of carbonyl (C=O) groups excluding carboxylic acids is 2. The lowest BCUT2D eigenvalue weighted by atomic mass is 10.1. The molecule has 0 aromatic heterocycles. The van der Waals surface area contributed by atoms with Crippen LogP contribution in [0.25, 0.3) is 0 Å². The molecule has 2 amide bonds. The van der Waals surface area contributed by atoms with Crippen LogP contribution < -0.4 is 5.32 Å². The number of aryl methyl sites for hydroxylation is 1. The van der Waals surface area contributed by atoms with E-state index in [2.05, 4.69) is 5.32 Å². The summed E-state index contributed by atoms with van der Waals surface area (Å²) in [4.78, 5) is 25.1. The van der Waals surface area contributed by atoms with E-state index in [1.807, 2.05) is 39.0 Å². The minimum absolute atomic E-state index is 0.0279. The van der Waals surface area contributed by atoms with Crippen LogP contribution in [-0.4, -0.2) is 35.8 Å². The average molecular weight is 262 g/mol. The predicted molar refractivity (Wildman–Crippen MR) is 76.0 cm³/mol. The van der Waals surface area contributed by atoms with Crippen LogP contribution in [0.2, 0.25) is 0 Å². The highest BCUT2D eigenvalue weighted by Gasteiger charge is 2.13. The van der Waals surface area contributed by atoms with E-state index in [0.29, 0.717) is 18.7 Å². The smallest absolute Gasteiger partial charge is 0.251 e. The van der Waals surface area contributed by atoms with E-state index in [0.717, 1.165) is 5.56 Å². The second-order valence-corrected chi connectivity index (χ2v) is 4.88. The molecular formula is C15H22N2O2. The Kier molecular flexibility index (Phi) is 5.55. The van der Waals surface area contributed by atoms with Gasteiger partial charge in [-0.1, -0.05) is 18.2 Å². The molecular weight excluding hydrogens is 240 g/mol. The van der Waals surface area contributed by atoms with Gasteiger partial charge in [-0.25, -0.2) is 0 Å². The van der Waals surface area contributed by atoms with Crippen molar-refractivity contribution in [3.63, 3.8) is 0 Å². The molecule has 0 atom stereocenters. The van der Waals surface area contributed by atoms with Crippen LogP contribution in [0, 0.1) is 6.92 Å². The Morgan fingerprint density at radius 3 is 2.42 bits per heavy atom. The minimum Gasteiger partial charge on any atom is -0.350 e. The summed E-state index contributed by atoms with van der Waals surface area (Å²) in [7, 11) is 0. The van der Waals surface area contributed by atoms with Gasteiger partial charge in [0.15, 0.2) is 0 Å². The Morgan fingerprint density at radius 2 is 1.89 bits per heavy atom. The van der Waals surface area contributed by atoms with E-state index in [1.165, 1.54) is 0 Å². The monoisotopic (exact) mass is 262 g/mol. The summed E-state index contributed by atoms with van der Waals surface area (Å²) in [6, 6.07) is 7.61. The largest absolute Gasteiger partial charge is 0.350 e. The molecule has 0 spiro atoms. The summed E-state index contributed by atoms with van der Waals surface area (Å²) in [5.41, 5.74) is 1.63. The highest BCUT2D eigenvalue weighted by atomic mass is 16.2. The highest BCUT2D eigenvalue weighted by molar-refractivity contribution is 5.95. The molecule has 1 aromatic rings. The van der Waals surface area contributed by atoms with Crippen molar-refractivity contribution in [3.8, 4) is 0 Å². The molecule has 0 saturated heterocycles. The van der Waals surface area contributed by atoms with Crippen molar-refractivity contribution in [3.05, 3.63) is 35.4 Å². The summed E-state index contributed by atoms with van der Waals surface area (Å²) in [5, 5.41) is 2.85. The van der Waals surface area contributed by atoms with Crippen molar-refractivity contribution in [2.45, 2.75) is 33.7 Å². The van der Waals surface area contributed by atoms with Gasteiger partial charge in [0.2, 0.25) is 5.91 Å². The van der Waals surface area contributed by atoms with Crippen LogP contribution >= 0.6 is 0 Å². The first-order valence-corrected chi connectivity index (χ1v) is 6.54. The third-order valence-corrected chi connectivity index (χ3v) is 3.06. The molecule has 0 fully saturated rings. The fraction of sp³-hybridized carbons (Fsp3) is 0.467. The quantitative estimate of drug-likeness (QED) is 0.882. The highest BCUT2D eigenvalue weighted by Crippen LogP contribution is 2.06. The fourth-order valence-corrected chi connectivity index (χ4v) is 1.99. The van der Waals surface area contributed by atoms with E-state index in [1.54, 1.807) is 17.9 Å². The summed E-state index contributed by atoms with van der Waals surface area (Å²) < 4.78 is 0. The number of nitrogens with one attached hydrogen (secondary N) is 1. The SMILES string of the molecule is CC(=O)N(CCNC(=O)c1ccccc1C)C(C)C. The zero-order chi connectivity index (χ0) is 14.4. The van der Waals surface area contributed by atoms with Gasteiger partial charge in [-0.05, 0) is 32.4 Å². The molecule has 0 radical (unpaired) electrons. The third kappa shape index (κ3) is 4.39. The molecule has 1 aromatic carbocycles. The van der Waals surface area contributed by atoms with Crippen molar-refractivity contribution < 1.29 is 9.59 Å². The Hall–Kier alpha value is -1.84. The normalized spacial score (nSPS) is 10.4. The van der Waals surface area contributed by atoms with Crippen molar-refractivity contribution >= 4 is 11.8 Å². The fourth-order valence-electron chi connectivity index (χ4n) is 1.99. The number of hydrogen-bond acceptors (Lipinski definition) is 2. The summed E-state index contributed by atoms with van der Waals surface area (Å²) >= 11 is 0. The number of rotatable bonds is 5. The Bertz CT molecular complexity index is 455. The third-order valence-electron chi connectivity index (χ3n) is 3.06. The molecule has 0 heterocycles. The van der Waals surface area contributed by atoms with Crippen LogP contribution in [0.5, 0.6) is 0 Å². The number of carbonyl (C=O) groups is 2. The van der Waals surface area contributed by atoms with Gasteiger partial charge in [-0.15, -0.1) is 0 Å². The van der Waals surface area contributed by atoms with Gasteiger partial charge >= 0.3 is 0 Å². The Balaban J connectivity index is 2.52. The molecule has 19 heavy (non-hydrogen) atoms. The van der Waals surface area contributed by atoms with E-state index >= 15 is 0 Å². The van der Waals surface area contributed by atoms with Gasteiger partial charge in [0.05, 0.1) is 0 Å². The number of hydrogen-bond donors (Lipinski definition) is 1. The standard InChI is InChI=1S/C15H22N2O2/c1-11(2)17(13(4)18)10-9-16-15(19)14-8-6-5-7-12(14)3/h5-8,11H,9-10H2,1-4H3,(H,16,19). The topological polar surface area (TPSA) is 49.4 Å². The van der Waals surface area contributed by atoms with E-state index in [4.69, 9.17) is 0 Å². The van der Waals surface area contributed by atoms with E-state index in [9.17, 15) is 9.59 Å². The maximum Gasteiger partial charge on any atom is 0.251 e. The van der Waals surface area contributed by atoms with Crippen LogP contribution in [0.1, 0.15) is 36.7 Å². The minimum atomic E-state index is -0.0923. The lowest BCUT2D eigenvalue weighted by molar-refractivity contribution is -0.130. The van der Waals surface area contributed by atoms with Gasteiger partial charge in [0.1, 0.15) is 0 Å². The summed E-state index contributed by atoms with van der Waals surface area (Å²) in [6.07, 6.45) is 0. The zero-order valence-electron chi connectivity index (χ0n) is 12.1. The molecule has 0 aliphatic rings.